The maximum atomic E-state index is 10.9. The van der Waals surface area contributed by atoms with Gasteiger partial charge in [-0.15, -0.1) is 0 Å². The van der Waals surface area contributed by atoms with Crippen LogP contribution in [0.3, 0.4) is 0 Å². The number of carboxylic acid groups (broad SMARTS) is 1. The Hall–Kier alpha value is -0.780. The summed E-state index contributed by atoms with van der Waals surface area (Å²) in [5.41, 5.74) is -2.21. The fraction of sp³-hybridized carbons (Fsp3) is 0.857. The molecule has 0 saturated carbocycles. The van der Waals surface area contributed by atoms with Gasteiger partial charge in [-0.25, -0.2) is 0 Å². The third-order valence-corrected chi connectivity index (χ3v) is 3.82. The lowest BCUT2D eigenvalue weighted by atomic mass is 9.84. The second-order valence-electron chi connectivity index (χ2n) is 4.01. The lowest BCUT2D eigenvalue weighted by Crippen LogP contribution is -2.75. The molecule has 1 rings (SSSR count). The van der Waals surface area contributed by atoms with Crippen LogP contribution in [0.1, 0.15) is 6.92 Å². The van der Waals surface area contributed by atoms with Crippen molar-refractivity contribution in [2.45, 2.75) is 36.1 Å². The van der Waals surface area contributed by atoms with Gasteiger partial charge >= 0.3 is 5.97 Å². The molecule has 1 unspecified atom stereocenters. The van der Waals surface area contributed by atoms with Crippen LogP contribution in [0.4, 0.5) is 0 Å². The third kappa shape index (κ3) is 2.27. The molecule has 100 valence electrons. The lowest BCUT2D eigenvalue weighted by molar-refractivity contribution is -0.168. The molecule has 17 heavy (non-hydrogen) atoms. The smallest absolute Gasteiger partial charge is 0.326 e. The number of hydrogen-bond acceptors (Lipinski definition) is 7. The van der Waals surface area contributed by atoms with E-state index in [1.54, 1.807) is 0 Å². The summed E-state index contributed by atoms with van der Waals surface area (Å²) in [6.07, 6.45) is -6.01. The number of rotatable bonds is 2. The van der Waals surface area contributed by atoms with E-state index >= 15 is 0 Å². The first-order chi connectivity index (χ1) is 7.51. The quantitative estimate of drug-likeness (QED) is 0.282. The number of aliphatic carboxylic acids is 1. The van der Waals surface area contributed by atoms with E-state index < -0.39 is 45.3 Å². The normalized spacial score (nSPS) is 43.4. The van der Waals surface area contributed by atoms with Gasteiger partial charge in [-0.3, -0.25) is 14.7 Å². The molecular formula is C7H13NO8S. The van der Waals surface area contributed by atoms with E-state index in [4.69, 9.17) is 9.66 Å². The Labute approximate surface area is 96.4 Å². The Morgan fingerprint density at radius 3 is 2.06 bits per heavy atom. The Balaban J connectivity index is 3.21. The average molecular weight is 271 g/mol. The van der Waals surface area contributed by atoms with Crippen LogP contribution in [0.25, 0.3) is 0 Å². The minimum absolute atomic E-state index is 0.924. The van der Waals surface area contributed by atoms with E-state index in [0.29, 0.717) is 0 Å². The number of aliphatic hydroxyl groups is 3. The first-order valence-electron chi connectivity index (χ1n) is 4.53. The standard InChI is InChI=1S/C7H13NO8S/c1-7(6(12)13)4(11)2(9)3(10)5(8-7)17(14,15)16/h2-5,8-11H,1H3,(H,12,13)(H,14,15,16)/t2-,3+,4+,5?,7-/m0/s1. The zero-order chi connectivity index (χ0) is 13.6. The molecule has 0 radical (unpaired) electrons. The first kappa shape index (κ1) is 14.3. The second kappa shape index (κ2) is 4.15. The Morgan fingerprint density at radius 2 is 1.71 bits per heavy atom. The number of piperidine rings is 1. The maximum Gasteiger partial charge on any atom is 0.326 e. The molecule has 0 aromatic rings. The molecule has 1 saturated heterocycles. The molecule has 0 aromatic heterocycles. The Kier molecular flexibility index (Phi) is 3.49. The molecule has 1 fully saturated rings. The van der Waals surface area contributed by atoms with Gasteiger partial charge in [0, 0.05) is 0 Å². The highest BCUT2D eigenvalue weighted by Gasteiger charge is 2.56. The second-order valence-corrected chi connectivity index (χ2v) is 5.55. The summed E-state index contributed by atoms with van der Waals surface area (Å²) in [4.78, 5) is 10.9. The van der Waals surface area contributed by atoms with Crippen LogP contribution < -0.4 is 5.32 Å². The topological polar surface area (TPSA) is 164 Å². The predicted molar refractivity (Wildman–Crippen MR) is 52.5 cm³/mol. The van der Waals surface area contributed by atoms with Crippen molar-refractivity contribution in [3.8, 4) is 0 Å². The van der Waals surface area contributed by atoms with Gasteiger partial charge in [0.1, 0.15) is 23.9 Å². The number of hydrogen-bond donors (Lipinski definition) is 6. The number of aliphatic hydroxyl groups excluding tert-OH is 3. The summed E-state index contributed by atoms with van der Waals surface area (Å²) in [6, 6.07) is 0. The van der Waals surface area contributed by atoms with Gasteiger partial charge in [-0.2, -0.15) is 8.42 Å². The molecule has 5 atom stereocenters. The van der Waals surface area contributed by atoms with Crippen molar-refractivity contribution in [2.75, 3.05) is 0 Å². The van der Waals surface area contributed by atoms with Gasteiger partial charge in [0.2, 0.25) is 0 Å². The van der Waals surface area contributed by atoms with Crippen molar-refractivity contribution >= 4 is 16.1 Å². The van der Waals surface area contributed by atoms with E-state index in [0.717, 1.165) is 6.92 Å². The lowest BCUT2D eigenvalue weighted by Gasteiger charge is -2.44. The van der Waals surface area contributed by atoms with E-state index in [1.807, 2.05) is 5.32 Å². The number of nitrogens with one attached hydrogen (secondary N) is 1. The van der Waals surface area contributed by atoms with Crippen molar-refractivity contribution < 1.29 is 38.2 Å². The molecule has 0 spiro atoms. The zero-order valence-electron chi connectivity index (χ0n) is 8.68. The summed E-state index contributed by atoms with van der Waals surface area (Å²) < 4.78 is 30.6. The van der Waals surface area contributed by atoms with Gasteiger partial charge in [-0.1, -0.05) is 0 Å². The molecule has 0 amide bonds. The predicted octanol–water partition coefficient (Wildman–Crippen LogP) is -3.27. The number of carbonyl (C=O) groups is 1. The number of carboxylic acids is 1. The molecule has 0 aliphatic carbocycles. The van der Waals surface area contributed by atoms with Crippen molar-refractivity contribution in [3.63, 3.8) is 0 Å². The first-order valence-corrected chi connectivity index (χ1v) is 6.03. The SMILES string of the molecule is C[C@]1(C(=O)O)NC(S(=O)(=O)O)[C@H](O)[C@H](O)[C@H]1O. The van der Waals surface area contributed by atoms with Gasteiger partial charge in [0.25, 0.3) is 10.1 Å². The molecule has 10 heteroatoms. The van der Waals surface area contributed by atoms with Crippen molar-refractivity contribution in [1.29, 1.82) is 0 Å². The largest absolute Gasteiger partial charge is 0.480 e. The van der Waals surface area contributed by atoms with Gasteiger partial charge < -0.3 is 20.4 Å². The average Bonchev–Trinajstić information content (AvgIpc) is 2.18. The Morgan fingerprint density at radius 1 is 1.24 bits per heavy atom. The molecule has 0 bridgehead atoms. The van der Waals surface area contributed by atoms with Crippen LogP contribution in [-0.4, -0.2) is 68.6 Å². The van der Waals surface area contributed by atoms with Crippen LogP contribution >= 0.6 is 0 Å². The highest BCUT2D eigenvalue weighted by Crippen LogP contribution is 2.26. The summed E-state index contributed by atoms with van der Waals surface area (Å²) in [5.74, 6) is -1.63. The third-order valence-electron chi connectivity index (χ3n) is 2.78. The van der Waals surface area contributed by atoms with E-state index in [-0.39, 0.29) is 0 Å². The van der Waals surface area contributed by atoms with Gasteiger partial charge in [0.15, 0.2) is 5.37 Å². The highest BCUT2D eigenvalue weighted by molar-refractivity contribution is 7.86. The monoisotopic (exact) mass is 271 g/mol. The van der Waals surface area contributed by atoms with Crippen LogP contribution in [0, 0.1) is 0 Å². The van der Waals surface area contributed by atoms with E-state index in [1.165, 1.54) is 0 Å². The zero-order valence-corrected chi connectivity index (χ0v) is 9.49. The van der Waals surface area contributed by atoms with Gasteiger partial charge in [0.05, 0.1) is 0 Å². The minimum Gasteiger partial charge on any atom is -0.480 e. The fourth-order valence-corrected chi connectivity index (χ4v) is 2.52. The molecule has 6 N–H and O–H groups in total. The summed E-state index contributed by atoms with van der Waals surface area (Å²) in [7, 11) is -4.83. The molecule has 1 heterocycles. The van der Waals surface area contributed by atoms with Crippen molar-refractivity contribution in [3.05, 3.63) is 0 Å². The molecule has 0 aromatic carbocycles. The Bertz CT molecular complexity index is 422. The van der Waals surface area contributed by atoms with E-state index in [2.05, 4.69) is 0 Å². The molecule has 1 aliphatic rings. The van der Waals surface area contributed by atoms with Crippen molar-refractivity contribution in [2.24, 2.45) is 0 Å². The minimum atomic E-state index is -4.83. The molecular weight excluding hydrogens is 258 g/mol. The van der Waals surface area contributed by atoms with Crippen LogP contribution in [0.5, 0.6) is 0 Å². The molecule has 1 aliphatic heterocycles. The fourth-order valence-electron chi connectivity index (χ4n) is 1.61. The van der Waals surface area contributed by atoms with Gasteiger partial charge in [-0.05, 0) is 6.92 Å². The summed E-state index contributed by atoms with van der Waals surface area (Å²) >= 11 is 0. The van der Waals surface area contributed by atoms with Crippen molar-refractivity contribution in [1.82, 2.24) is 5.32 Å². The van der Waals surface area contributed by atoms with E-state index in [9.17, 15) is 28.5 Å². The van der Waals surface area contributed by atoms with Crippen LogP contribution in [0.15, 0.2) is 0 Å². The highest BCUT2D eigenvalue weighted by atomic mass is 32.2. The van der Waals surface area contributed by atoms with Crippen LogP contribution in [-0.2, 0) is 14.9 Å². The van der Waals surface area contributed by atoms with Crippen LogP contribution in [0.2, 0.25) is 0 Å². The molecule has 9 nitrogen and oxygen atoms in total. The summed E-state index contributed by atoms with van der Waals surface area (Å²) in [6.45, 7) is 0.924. The summed E-state index contributed by atoms with van der Waals surface area (Å²) in [5, 5.41) is 36.9. The maximum absolute atomic E-state index is 10.9.